The number of hydrogen-bond donors (Lipinski definition) is 1. The highest BCUT2D eigenvalue weighted by atomic mass is 16.3. The summed E-state index contributed by atoms with van der Waals surface area (Å²) in [5.74, 6) is 1.65. The predicted octanol–water partition coefficient (Wildman–Crippen LogP) is 1.57. The van der Waals surface area contributed by atoms with Crippen LogP contribution in [0.1, 0.15) is 22.8 Å². The largest absolute Gasteiger partial charge is 0.466 e. The van der Waals surface area contributed by atoms with Gasteiger partial charge in [-0.25, -0.2) is 5.10 Å². The van der Waals surface area contributed by atoms with Crippen LogP contribution in [0.15, 0.2) is 27.4 Å². The Morgan fingerprint density at radius 1 is 1.40 bits per heavy atom. The number of aryl methyl sites for hydroxylation is 2. The van der Waals surface area contributed by atoms with Gasteiger partial charge in [-0.1, -0.05) is 0 Å². The van der Waals surface area contributed by atoms with Gasteiger partial charge in [0.2, 0.25) is 0 Å². The van der Waals surface area contributed by atoms with Gasteiger partial charge in [0.05, 0.1) is 5.69 Å². The monoisotopic (exact) mass is 204 g/mol. The van der Waals surface area contributed by atoms with Crippen LogP contribution in [0, 0.1) is 13.8 Å². The molecule has 0 spiro atoms. The van der Waals surface area contributed by atoms with E-state index in [1.807, 2.05) is 26.0 Å². The van der Waals surface area contributed by atoms with E-state index in [1.54, 1.807) is 6.07 Å². The molecule has 4 nitrogen and oxygen atoms in total. The predicted molar refractivity (Wildman–Crippen MR) is 55.8 cm³/mol. The van der Waals surface area contributed by atoms with E-state index in [1.165, 1.54) is 0 Å². The topological polar surface area (TPSA) is 58.9 Å². The van der Waals surface area contributed by atoms with Crippen LogP contribution in [-0.2, 0) is 6.42 Å². The van der Waals surface area contributed by atoms with Crippen molar-refractivity contribution in [2.75, 3.05) is 0 Å². The molecule has 2 rings (SSSR count). The van der Waals surface area contributed by atoms with Crippen molar-refractivity contribution in [3.05, 3.63) is 51.3 Å². The molecule has 0 amide bonds. The zero-order valence-electron chi connectivity index (χ0n) is 8.70. The second-order valence-corrected chi connectivity index (χ2v) is 3.55. The molecule has 0 bridgehead atoms. The summed E-state index contributed by atoms with van der Waals surface area (Å²) >= 11 is 0. The van der Waals surface area contributed by atoms with Crippen LogP contribution < -0.4 is 5.56 Å². The number of nitrogens with zero attached hydrogens (tertiary/aromatic N) is 1. The fourth-order valence-electron chi connectivity index (χ4n) is 1.46. The SMILES string of the molecule is Cc1cc(Cc2ccc(C)o2)c(=O)[nH]n1. The van der Waals surface area contributed by atoms with Gasteiger partial charge in [-0.2, -0.15) is 5.10 Å². The Kier molecular flexibility index (Phi) is 2.41. The van der Waals surface area contributed by atoms with Crippen molar-refractivity contribution in [2.45, 2.75) is 20.3 Å². The summed E-state index contributed by atoms with van der Waals surface area (Å²) in [6.07, 6.45) is 0.506. The summed E-state index contributed by atoms with van der Waals surface area (Å²) in [5.41, 5.74) is 1.32. The third-order valence-corrected chi connectivity index (χ3v) is 2.17. The molecule has 0 unspecified atom stereocenters. The van der Waals surface area contributed by atoms with Gasteiger partial charge in [-0.15, -0.1) is 0 Å². The minimum Gasteiger partial charge on any atom is -0.466 e. The van der Waals surface area contributed by atoms with Crippen LogP contribution >= 0.6 is 0 Å². The fraction of sp³-hybridized carbons (Fsp3) is 0.273. The van der Waals surface area contributed by atoms with Crippen LogP contribution in [0.2, 0.25) is 0 Å². The summed E-state index contributed by atoms with van der Waals surface area (Å²) < 4.78 is 5.41. The highest BCUT2D eigenvalue weighted by Gasteiger charge is 2.05. The Morgan fingerprint density at radius 2 is 2.20 bits per heavy atom. The van der Waals surface area contributed by atoms with E-state index >= 15 is 0 Å². The maximum atomic E-state index is 11.4. The molecule has 0 aliphatic heterocycles. The number of aromatic amines is 1. The average molecular weight is 204 g/mol. The van der Waals surface area contributed by atoms with Gasteiger partial charge < -0.3 is 4.42 Å². The normalized spacial score (nSPS) is 10.5. The maximum absolute atomic E-state index is 11.4. The first kappa shape index (κ1) is 9.71. The zero-order chi connectivity index (χ0) is 10.8. The van der Waals surface area contributed by atoms with Crippen LogP contribution in [0.5, 0.6) is 0 Å². The lowest BCUT2D eigenvalue weighted by Crippen LogP contribution is -2.14. The zero-order valence-corrected chi connectivity index (χ0v) is 8.70. The first-order valence-corrected chi connectivity index (χ1v) is 4.75. The molecule has 0 atom stereocenters. The third-order valence-electron chi connectivity index (χ3n) is 2.17. The second kappa shape index (κ2) is 3.73. The van der Waals surface area contributed by atoms with Crippen LogP contribution in [0.4, 0.5) is 0 Å². The molecular formula is C11H12N2O2. The molecule has 78 valence electrons. The number of furan rings is 1. The molecule has 0 aromatic carbocycles. The molecule has 2 aromatic rings. The van der Waals surface area contributed by atoms with Gasteiger partial charge in [-0.3, -0.25) is 4.79 Å². The molecule has 0 fully saturated rings. The number of rotatable bonds is 2. The van der Waals surface area contributed by atoms with Crippen molar-refractivity contribution >= 4 is 0 Å². The molecule has 4 heteroatoms. The molecule has 2 heterocycles. The first-order chi connectivity index (χ1) is 7.15. The molecule has 1 N–H and O–H groups in total. The van der Waals surface area contributed by atoms with Crippen molar-refractivity contribution in [2.24, 2.45) is 0 Å². The number of H-pyrrole nitrogens is 1. The lowest BCUT2D eigenvalue weighted by Gasteiger charge is -1.98. The summed E-state index contributed by atoms with van der Waals surface area (Å²) in [7, 11) is 0. The number of hydrogen-bond acceptors (Lipinski definition) is 3. The third kappa shape index (κ3) is 2.15. The van der Waals surface area contributed by atoms with E-state index < -0.39 is 0 Å². The summed E-state index contributed by atoms with van der Waals surface area (Å²) in [6.45, 7) is 3.72. The lowest BCUT2D eigenvalue weighted by molar-refractivity contribution is 0.492. The second-order valence-electron chi connectivity index (χ2n) is 3.55. The molecular weight excluding hydrogens is 192 g/mol. The quantitative estimate of drug-likeness (QED) is 0.807. The van der Waals surface area contributed by atoms with Crippen molar-refractivity contribution < 1.29 is 4.42 Å². The molecule has 0 radical (unpaired) electrons. The molecule has 0 saturated heterocycles. The molecule has 0 aliphatic rings. The Bertz CT molecular complexity index is 525. The Balaban J connectivity index is 2.31. The van der Waals surface area contributed by atoms with Gasteiger partial charge in [0.1, 0.15) is 11.5 Å². The molecule has 0 saturated carbocycles. The highest BCUT2D eigenvalue weighted by Crippen LogP contribution is 2.10. The van der Waals surface area contributed by atoms with Crippen molar-refractivity contribution in [1.82, 2.24) is 10.2 Å². The Labute approximate surface area is 86.9 Å². The van der Waals surface area contributed by atoms with E-state index in [2.05, 4.69) is 10.2 Å². The van der Waals surface area contributed by atoms with E-state index in [0.29, 0.717) is 12.0 Å². The van der Waals surface area contributed by atoms with Gasteiger partial charge in [0.25, 0.3) is 5.56 Å². The number of aromatic nitrogens is 2. The van der Waals surface area contributed by atoms with E-state index in [0.717, 1.165) is 17.2 Å². The van der Waals surface area contributed by atoms with Gasteiger partial charge >= 0.3 is 0 Å². The van der Waals surface area contributed by atoms with Crippen LogP contribution in [0.25, 0.3) is 0 Å². The van der Waals surface area contributed by atoms with Crippen molar-refractivity contribution in [1.29, 1.82) is 0 Å². The molecule has 2 aromatic heterocycles. The van der Waals surface area contributed by atoms with E-state index in [9.17, 15) is 4.79 Å². The number of nitrogens with one attached hydrogen (secondary N) is 1. The average Bonchev–Trinajstić information content (AvgIpc) is 2.58. The Hall–Kier alpha value is -1.84. The van der Waals surface area contributed by atoms with Crippen LogP contribution in [-0.4, -0.2) is 10.2 Å². The van der Waals surface area contributed by atoms with E-state index in [4.69, 9.17) is 4.42 Å². The summed E-state index contributed by atoms with van der Waals surface area (Å²) in [6, 6.07) is 5.54. The van der Waals surface area contributed by atoms with Gasteiger partial charge in [-0.05, 0) is 32.0 Å². The first-order valence-electron chi connectivity index (χ1n) is 4.75. The minimum atomic E-state index is -0.158. The lowest BCUT2D eigenvalue weighted by atomic mass is 10.1. The Morgan fingerprint density at radius 3 is 2.87 bits per heavy atom. The maximum Gasteiger partial charge on any atom is 0.267 e. The summed E-state index contributed by atoms with van der Waals surface area (Å²) in [5, 5.41) is 6.27. The molecule has 15 heavy (non-hydrogen) atoms. The minimum absolute atomic E-state index is 0.158. The van der Waals surface area contributed by atoms with Gasteiger partial charge in [0, 0.05) is 12.0 Å². The summed E-state index contributed by atoms with van der Waals surface area (Å²) in [4.78, 5) is 11.4. The smallest absolute Gasteiger partial charge is 0.267 e. The highest BCUT2D eigenvalue weighted by molar-refractivity contribution is 5.19. The van der Waals surface area contributed by atoms with Crippen molar-refractivity contribution in [3.63, 3.8) is 0 Å². The van der Waals surface area contributed by atoms with E-state index in [-0.39, 0.29) is 5.56 Å². The van der Waals surface area contributed by atoms with Crippen LogP contribution in [0.3, 0.4) is 0 Å². The fourth-order valence-corrected chi connectivity index (χ4v) is 1.46. The van der Waals surface area contributed by atoms with Crippen molar-refractivity contribution in [3.8, 4) is 0 Å². The standard InChI is InChI=1S/C11H12N2O2/c1-7-5-9(11(14)13-12-7)6-10-4-3-8(2)15-10/h3-5H,6H2,1-2H3,(H,13,14). The molecule has 0 aliphatic carbocycles. The van der Waals surface area contributed by atoms with Gasteiger partial charge in [0.15, 0.2) is 0 Å².